The summed E-state index contributed by atoms with van der Waals surface area (Å²) in [6, 6.07) is 1.06. The van der Waals surface area contributed by atoms with Crippen molar-refractivity contribution in [3.05, 3.63) is 28.3 Å². The maximum atomic E-state index is 10.8. The summed E-state index contributed by atoms with van der Waals surface area (Å²) in [4.78, 5) is 10.8. The summed E-state index contributed by atoms with van der Waals surface area (Å²) in [7, 11) is 1.63. The SMILES string of the molecule is COc1cc(C)c(CC(N)C(=O)O)c(C)c1C. The van der Waals surface area contributed by atoms with E-state index in [0.29, 0.717) is 6.42 Å². The third kappa shape index (κ3) is 2.77. The number of rotatable bonds is 4. The fraction of sp³-hybridized carbons (Fsp3) is 0.462. The Hall–Kier alpha value is -1.55. The van der Waals surface area contributed by atoms with E-state index in [1.165, 1.54) is 0 Å². The Morgan fingerprint density at radius 2 is 2.00 bits per heavy atom. The van der Waals surface area contributed by atoms with Crippen molar-refractivity contribution in [1.29, 1.82) is 0 Å². The highest BCUT2D eigenvalue weighted by Gasteiger charge is 2.17. The summed E-state index contributed by atoms with van der Waals surface area (Å²) in [5, 5.41) is 8.85. The minimum Gasteiger partial charge on any atom is -0.496 e. The topological polar surface area (TPSA) is 72.5 Å². The Bertz CT molecular complexity index is 441. The minimum atomic E-state index is -0.975. The van der Waals surface area contributed by atoms with E-state index in [2.05, 4.69) is 0 Å². The molecular weight excluding hydrogens is 218 g/mol. The summed E-state index contributed by atoms with van der Waals surface area (Å²) in [5.41, 5.74) is 9.68. The van der Waals surface area contributed by atoms with E-state index in [4.69, 9.17) is 15.6 Å². The Balaban J connectivity index is 3.17. The average molecular weight is 237 g/mol. The third-order valence-electron chi connectivity index (χ3n) is 3.17. The van der Waals surface area contributed by atoms with Crippen LogP contribution < -0.4 is 10.5 Å². The second kappa shape index (κ2) is 5.19. The van der Waals surface area contributed by atoms with Crippen molar-refractivity contribution in [2.24, 2.45) is 5.73 Å². The Morgan fingerprint density at radius 1 is 1.41 bits per heavy atom. The number of hydrogen-bond donors (Lipinski definition) is 2. The lowest BCUT2D eigenvalue weighted by molar-refractivity contribution is -0.138. The van der Waals surface area contributed by atoms with Crippen LogP contribution in [0, 0.1) is 20.8 Å². The molecule has 0 spiro atoms. The van der Waals surface area contributed by atoms with Crippen LogP contribution >= 0.6 is 0 Å². The van der Waals surface area contributed by atoms with Crippen molar-refractivity contribution in [3.8, 4) is 5.75 Å². The molecule has 4 nitrogen and oxygen atoms in total. The number of benzene rings is 1. The minimum absolute atomic E-state index is 0.345. The molecule has 0 aromatic heterocycles. The molecule has 3 N–H and O–H groups in total. The molecule has 0 radical (unpaired) electrons. The fourth-order valence-electron chi connectivity index (χ4n) is 1.93. The van der Waals surface area contributed by atoms with E-state index in [1.54, 1.807) is 7.11 Å². The summed E-state index contributed by atoms with van der Waals surface area (Å²) in [6.07, 6.45) is 0.345. The monoisotopic (exact) mass is 237 g/mol. The zero-order valence-corrected chi connectivity index (χ0v) is 10.7. The van der Waals surface area contributed by atoms with Gasteiger partial charge in [-0.25, -0.2) is 0 Å². The van der Waals surface area contributed by atoms with Crippen molar-refractivity contribution >= 4 is 5.97 Å². The van der Waals surface area contributed by atoms with Crippen molar-refractivity contribution in [2.75, 3.05) is 7.11 Å². The second-order valence-electron chi connectivity index (χ2n) is 4.27. The van der Waals surface area contributed by atoms with Crippen molar-refractivity contribution in [1.82, 2.24) is 0 Å². The average Bonchev–Trinajstić information content (AvgIpc) is 2.28. The molecule has 94 valence electrons. The molecule has 0 fully saturated rings. The van der Waals surface area contributed by atoms with Crippen molar-refractivity contribution < 1.29 is 14.6 Å². The van der Waals surface area contributed by atoms with Crippen LogP contribution in [0.25, 0.3) is 0 Å². The number of carboxylic acids is 1. The molecule has 17 heavy (non-hydrogen) atoms. The van der Waals surface area contributed by atoms with Gasteiger partial charge in [0.05, 0.1) is 7.11 Å². The van der Waals surface area contributed by atoms with Crippen LogP contribution in [-0.2, 0) is 11.2 Å². The van der Waals surface area contributed by atoms with Gasteiger partial charge < -0.3 is 15.6 Å². The van der Waals surface area contributed by atoms with E-state index in [1.807, 2.05) is 26.8 Å². The highest BCUT2D eigenvalue weighted by atomic mass is 16.5. The summed E-state index contributed by atoms with van der Waals surface area (Å²) in [6.45, 7) is 5.87. The predicted molar refractivity (Wildman–Crippen MR) is 66.5 cm³/mol. The number of ether oxygens (including phenoxy) is 1. The van der Waals surface area contributed by atoms with Gasteiger partial charge in [0, 0.05) is 0 Å². The van der Waals surface area contributed by atoms with Gasteiger partial charge in [0.1, 0.15) is 11.8 Å². The van der Waals surface area contributed by atoms with Gasteiger partial charge in [0.25, 0.3) is 0 Å². The lowest BCUT2D eigenvalue weighted by Gasteiger charge is -2.17. The molecule has 1 aromatic rings. The molecule has 0 amide bonds. The molecule has 0 saturated heterocycles. The first-order valence-corrected chi connectivity index (χ1v) is 5.50. The summed E-state index contributed by atoms with van der Waals surface area (Å²) in [5.74, 6) is -0.148. The number of carboxylic acid groups (broad SMARTS) is 1. The second-order valence-corrected chi connectivity index (χ2v) is 4.27. The van der Waals surface area contributed by atoms with Gasteiger partial charge in [-0.2, -0.15) is 0 Å². The smallest absolute Gasteiger partial charge is 0.320 e. The van der Waals surface area contributed by atoms with Gasteiger partial charge >= 0.3 is 5.97 Å². The highest BCUT2D eigenvalue weighted by Crippen LogP contribution is 2.28. The molecule has 1 atom stereocenters. The molecule has 0 aliphatic carbocycles. The highest BCUT2D eigenvalue weighted by molar-refractivity contribution is 5.73. The predicted octanol–water partition coefficient (Wildman–Crippen LogP) is 1.57. The number of carbonyl (C=O) groups is 1. The number of methoxy groups -OCH3 is 1. The summed E-state index contributed by atoms with van der Waals surface area (Å²) < 4.78 is 5.27. The Kier molecular flexibility index (Phi) is 4.12. The third-order valence-corrected chi connectivity index (χ3v) is 3.17. The number of hydrogen-bond acceptors (Lipinski definition) is 3. The normalized spacial score (nSPS) is 12.3. The summed E-state index contributed by atoms with van der Waals surface area (Å²) >= 11 is 0. The van der Waals surface area contributed by atoms with E-state index in [0.717, 1.165) is 28.0 Å². The van der Waals surface area contributed by atoms with Gasteiger partial charge in [0.2, 0.25) is 0 Å². The standard InChI is InChI=1S/C13H19NO3/c1-7-5-12(17-4)9(3)8(2)10(7)6-11(14)13(15)16/h5,11H,6,14H2,1-4H3,(H,15,16). The molecule has 1 rings (SSSR count). The van der Waals surface area contributed by atoms with E-state index < -0.39 is 12.0 Å². The molecule has 0 bridgehead atoms. The maximum absolute atomic E-state index is 10.8. The zero-order valence-electron chi connectivity index (χ0n) is 10.7. The van der Waals surface area contributed by atoms with E-state index >= 15 is 0 Å². The van der Waals surface area contributed by atoms with Gasteiger partial charge in [-0.1, -0.05) is 0 Å². The molecular formula is C13H19NO3. The van der Waals surface area contributed by atoms with Crippen LogP contribution in [0.3, 0.4) is 0 Å². The number of aliphatic carboxylic acids is 1. The van der Waals surface area contributed by atoms with Crippen LogP contribution in [0.15, 0.2) is 6.07 Å². The van der Waals surface area contributed by atoms with Gasteiger partial charge in [-0.15, -0.1) is 0 Å². The maximum Gasteiger partial charge on any atom is 0.320 e. The largest absolute Gasteiger partial charge is 0.496 e. The fourth-order valence-corrected chi connectivity index (χ4v) is 1.93. The quantitative estimate of drug-likeness (QED) is 0.833. The number of nitrogens with two attached hydrogens (primary N) is 1. The molecule has 0 heterocycles. The number of aryl methyl sites for hydroxylation is 1. The molecule has 1 aromatic carbocycles. The van der Waals surface area contributed by atoms with Crippen molar-refractivity contribution in [2.45, 2.75) is 33.2 Å². The van der Waals surface area contributed by atoms with E-state index in [9.17, 15) is 4.79 Å². The van der Waals surface area contributed by atoms with Crippen LogP contribution in [-0.4, -0.2) is 24.2 Å². The Morgan fingerprint density at radius 3 is 2.47 bits per heavy atom. The molecule has 0 aliphatic heterocycles. The van der Waals surface area contributed by atoms with E-state index in [-0.39, 0.29) is 0 Å². The van der Waals surface area contributed by atoms with Crippen LogP contribution in [0.5, 0.6) is 5.75 Å². The molecule has 1 unspecified atom stereocenters. The zero-order chi connectivity index (χ0) is 13.2. The van der Waals surface area contributed by atoms with Crippen molar-refractivity contribution in [3.63, 3.8) is 0 Å². The van der Waals surface area contributed by atoms with Crippen LogP contribution in [0.1, 0.15) is 22.3 Å². The van der Waals surface area contributed by atoms with Gasteiger partial charge in [-0.3, -0.25) is 4.79 Å². The molecule has 0 saturated carbocycles. The van der Waals surface area contributed by atoms with Gasteiger partial charge in [0.15, 0.2) is 0 Å². The lowest BCUT2D eigenvalue weighted by atomic mass is 9.93. The Labute approximate surface area is 101 Å². The molecule has 0 aliphatic rings. The first-order valence-electron chi connectivity index (χ1n) is 5.50. The first kappa shape index (κ1) is 13.5. The lowest BCUT2D eigenvalue weighted by Crippen LogP contribution is -2.32. The van der Waals surface area contributed by atoms with Gasteiger partial charge in [-0.05, 0) is 55.5 Å². The first-order chi connectivity index (χ1) is 7.88. The molecule has 4 heteroatoms. The van der Waals surface area contributed by atoms with Crippen LogP contribution in [0.4, 0.5) is 0 Å². The van der Waals surface area contributed by atoms with Crippen LogP contribution in [0.2, 0.25) is 0 Å².